The van der Waals surface area contributed by atoms with Gasteiger partial charge in [-0.2, -0.15) is 0 Å². The zero-order valence-electron chi connectivity index (χ0n) is 12.0. The summed E-state index contributed by atoms with van der Waals surface area (Å²) in [6.45, 7) is 1.48. The van der Waals surface area contributed by atoms with Gasteiger partial charge in [-0.15, -0.1) is 0 Å². The molecular formula is C16H21NO4. The molecule has 114 valence electrons. The maximum Gasteiger partial charge on any atom is 0.303 e. The zero-order valence-corrected chi connectivity index (χ0v) is 12.0. The van der Waals surface area contributed by atoms with E-state index in [1.165, 1.54) is 0 Å². The lowest BCUT2D eigenvalue weighted by Crippen LogP contribution is -2.22. The van der Waals surface area contributed by atoms with E-state index in [2.05, 4.69) is 5.32 Å². The Balaban J connectivity index is 1.85. The maximum absolute atomic E-state index is 12.0. The number of benzene rings is 1. The van der Waals surface area contributed by atoms with Crippen LogP contribution in [0.3, 0.4) is 0 Å². The number of ether oxygens (including phenoxy) is 1. The summed E-state index contributed by atoms with van der Waals surface area (Å²) >= 11 is 0. The lowest BCUT2D eigenvalue weighted by Gasteiger charge is -2.21. The number of carboxylic acids is 1. The van der Waals surface area contributed by atoms with E-state index in [-0.39, 0.29) is 12.3 Å². The van der Waals surface area contributed by atoms with E-state index in [9.17, 15) is 9.59 Å². The summed E-state index contributed by atoms with van der Waals surface area (Å²) in [6.07, 6.45) is 2.96. The summed E-state index contributed by atoms with van der Waals surface area (Å²) in [7, 11) is 0. The van der Waals surface area contributed by atoms with E-state index in [0.29, 0.717) is 18.8 Å². The first-order valence-corrected chi connectivity index (χ1v) is 7.32. The van der Waals surface area contributed by atoms with Gasteiger partial charge >= 0.3 is 5.97 Å². The number of anilines is 1. The summed E-state index contributed by atoms with van der Waals surface area (Å²) in [5, 5.41) is 11.6. The van der Waals surface area contributed by atoms with Gasteiger partial charge in [0.05, 0.1) is 0 Å². The van der Waals surface area contributed by atoms with Crippen molar-refractivity contribution < 1.29 is 19.4 Å². The molecular weight excluding hydrogens is 270 g/mol. The highest BCUT2D eigenvalue weighted by atomic mass is 16.5. The van der Waals surface area contributed by atoms with Gasteiger partial charge in [0.2, 0.25) is 5.91 Å². The molecule has 2 rings (SSSR count). The Bertz CT molecular complexity index is 495. The third kappa shape index (κ3) is 5.55. The number of amides is 1. The molecule has 0 saturated carbocycles. The van der Waals surface area contributed by atoms with E-state index >= 15 is 0 Å². The average Bonchev–Trinajstić information content (AvgIpc) is 2.46. The first kappa shape index (κ1) is 15.5. The Morgan fingerprint density at radius 2 is 2.05 bits per heavy atom. The molecule has 1 aliphatic heterocycles. The molecule has 0 aliphatic carbocycles. The molecule has 5 nitrogen and oxygen atoms in total. The van der Waals surface area contributed by atoms with E-state index in [1.54, 1.807) is 0 Å². The van der Waals surface area contributed by atoms with Gasteiger partial charge in [-0.1, -0.05) is 12.1 Å². The van der Waals surface area contributed by atoms with Gasteiger partial charge in [-0.3, -0.25) is 9.59 Å². The monoisotopic (exact) mass is 291 g/mol. The molecule has 0 aromatic heterocycles. The number of rotatable bonds is 6. The van der Waals surface area contributed by atoms with Crippen LogP contribution in [0.4, 0.5) is 5.69 Å². The highest BCUT2D eigenvalue weighted by Gasteiger charge is 2.17. The second kappa shape index (κ2) is 7.78. The summed E-state index contributed by atoms with van der Waals surface area (Å²) in [5.41, 5.74) is 1.65. The van der Waals surface area contributed by atoms with Crippen molar-refractivity contribution in [3.05, 3.63) is 29.8 Å². The SMILES string of the molecule is O=C(O)CCc1cccc(NC(=O)CC2CCOCC2)c1. The molecule has 1 aromatic carbocycles. The number of carbonyl (C=O) groups is 2. The largest absolute Gasteiger partial charge is 0.481 e. The summed E-state index contributed by atoms with van der Waals surface area (Å²) < 4.78 is 5.28. The van der Waals surface area contributed by atoms with Crippen LogP contribution in [-0.2, 0) is 20.7 Å². The van der Waals surface area contributed by atoms with Gasteiger partial charge in [-0.25, -0.2) is 0 Å². The number of aliphatic carboxylic acids is 1. The number of hydrogen-bond donors (Lipinski definition) is 2. The third-order valence-corrected chi connectivity index (χ3v) is 3.65. The third-order valence-electron chi connectivity index (χ3n) is 3.65. The van der Waals surface area contributed by atoms with E-state index in [1.807, 2.05) is 24.3 Å². The topological polar surface area (TPSA) is 75.6 Å². The van der Waals surface area contributed by atoms with Crippen LogP contribution in [0.5, 0.6) is 0 Å². The quantitative estimate of drug-likeness (QED) is 0.844. The Labute approximate surface area is 124 Å². The first-order valence-electron chi connectivity index (χ1n) is 7.32. The van der Waals surface area contributed by atoms with Crippen molar-refractivity contribution >= 4 is 17.6 Å². The van der Waals surface area contributed by atoms with E-state index in [4.69, 9.17) is 9.84 Å². The molecule has 1 saturated heterocycles. The van der Waals surface area contributed by atoms with E-state index < -0.39 is 5.97 Å². The fourth-order valence-corrected chi connectivity index (χ4v) is 2.48. The number of aryl methyl sites for hydroxylation is 1. The minimum atomic E-state index is -0.816. The van der Waals surface area contributed by atoms with E-state index in [0.717, 1.165) is 37.3 Å². The highest BCUT2D eigenvalue weighted by molar-refractivity contribution is 5.90. The standard InChI is InChI=1S/C16H21NO4/c18-15(11-13-6-8-21-9-7-13)17-14-3-1-2-12(10-14)4-5-16(19)20/h1-3,10,13H,4-9,11H2,(H,17,18)(H,19,20). The second-order valence-corrected chi connectivity index (χ2v) is 5.40. The Morgan fingerprint density at radius 1 is 1.29 bits per heavy atom. The van der Waals surface area contributed by atoms with Crippen LogP contribution in [0.2, 0.25) is 0 Å². The molecule has 0 unspecified atom stereocenters. The zero-order chi connectivity index (χ0) is 15.1. The molecule has 0 bridgehead atoms. The molecule has 1 fully saturated rings. The first-order chi connectivity index (χ1) is 10.1. The van der Waals surface area contributed by atoms with Crippen LogP contribution in [0.25, 0.3) is 0 Å². The van der Waals surface area contributed by atoms with Crippen LogP contribution >= 0.6 is 0 Å². The van der Waals surface area contributed by atoms with Crippen LogP contribution in [0, 0.1) is 5.92 Å². The molecule has 1 amide bonds. The van der Waals surface area contributed by atoms with Crippen LogP contribution in [0.15, 0.2) is 24.3 Å². The van der Waals surface area contributed by atoms with Crippen molar-refractivity contribution in [1.29, 1.82) is 0 Å². The van der Waals surface area contributed by atoms with Crippen molar-refractivity contribution in [3.63, 3.8) is 0 Å². The second-order valence-electron chi connectivity index (χ2n) is 5.40. The van der Waals surface area contributed by atoms with Gasteiger partial charge in [0, 0.05) is 31.7 Å². The minimum Gasteiger partial charge on any atom is -0.481 e. The van der Waals surface area contributed by atoms with Crippen LogP contribution in [0.1, 0.15) is 31.2 Å². The number of nitrogens with one attached hydrogen (secondary N) is 1. The number of carboxylic acid groups (broad SMARTS) is 1. The van der Waals surface area contributed by atoms with Crippen LogP contribution < -0.4 is 5.32 Å². The molecule has 0 spiro atoms. The molecule has 1 heterocycles. The summed E-state index contributed by atoms with van der Waals surface area (Å²) in [5.74, 6) is -0.407. The predicted molar refractivity (Wildman–Crippen MR) is 79.2 cm³/mol. The number of hydrogen-bond acceptors (Lipinski definition) is 3. The molecule has 1 aromatic rings. The van der Waals surface area contributed by atoms with Crippen molar-refractivity contribution in [2.75, 3.05) is 18.5 Å². The summed E-state index contributed by atoms with van der Waals surface area (Å²) in [6, 6.07) is 7.37. The fraction of sp³-hybridized carbons (Fsp3) is 0.500. The minimum absolute atomic E-state index is 0.0114. The van der Waals surface area contributed by atoms with Crippen molar-refractivity contribution in [2.45, 2.75) is 32.1 Å². The normalized spacial score (nSPS) is 15.6. The summed E-state index contributed by atoms with van der Waals surface area (Å²) in [4.78, 5) is 22.6. The molecule has 0 radical (unpaired) electrons. The Morgan fingerprint density at radius 3 is 2.76 bits per heavy atom. The maximum atomic E-state index is 12.0. The smallest absolute Gasteiger partial charge is 0.303 e. The van der Waals surface area contributed by atoms with Gasteiger partial charge in [0.1, 0.15) is 0 Å². The van der Waals surface area contributed by atoms with Gasteiger partial charge in [0.15, 0.2) is 0 Å². The Kier molecular flexibility index (Phi) is 5.75. The molecule has 1 aliphatic rings. The fourth-order valence-electron chi connectivity index (χ4n) is 2.48. The molecule has 21 heavy (non-hydrogen) atoms. The highest BCUT2D eigenvalue weighted by Crippen LogP contribution is 2.20. The van der Waals surface area contributed by atoms with Crippen LogP contribution in [-0.4, -0.2) is 30.2 Å². The number of carbonyl (C=O) groups excluding carboxylic acids is 1. The molecule has 2 N–H and O–H groups in total. The van der Waals surface area contributed by atoms with Crippen molar-refractivity contribution in [2.24, 2.45) is 5.92 Å². The molecule has 0 atom stereocenters. The lowest BCUT2D eigenvalue weighted by atomic mass is 9.96. The van der Waals surface area contributed by atoms with Gasteiger partial charge in [0.25, 0.3) is 0 Å². The Hall–Kier alpha value is -1.88. The lowest BCUT2D eigenvalue weighted by molar-refractivity contribution is -0.137. The van der Waals surface area contributed by atoms with Gasteiger partial charge in [-0.05, 0) is 42.9 Å². The average molecular weight is 291 g/mol. The van der Waals surface area contributed by atoms with Gasteiger partial charge < -0.3 is 15.2 Å². The molecule has 5 heteroatoms. The van der Waals surface area contributed by atoms with Crippen molar-refractivity contribution in [1.82, 2.24) is 0 Å². The predicted octanol–water partition coefficient (Wildman–Crippen LogP) is 2.46. The van der Waals surface area contributed by atoms with Crippen molar-refractivity contribution in [3.8, 4) is 0 Å².